The van der Waals surface area contributed by atoms with Gasteiger partial charge in [-0.25, -0.2) is 0 Å². The molecular formula is C18H15NS. The minimum absolute atomic E-state index is 0.733. The summed E-state index contributed by atoms with van der Waals surface area (Å²) in [5.74, 6) is 0. The standard InChI is InChI=1S/C18H15NS/c1-3-8-15(9-4-1)18(16-10-5-2-6-11-16)19-14-17-12-7-13-20-17/h1-13H,14H2/i19+1. The molecule has 0 N–H and O–H groups in total. The summed E-state index contributed by atoms with van der Waals surface area (Å²) < 4.78 is 0. The van der Waals surface area contributed by atoms with Crippen LogP contribution < -0.4 is 0 Å². The number of hydrogen-bond donors (Lipinski definition) is 0. The number of benzene rings is 2. The first-order valence-corrected chi connectivity index (χ1v) is 7.49. The van der Waals surface area contributed by atoms with E-state index in [1.807, 2.05) is 12.1 Å². The fourth-order valence-corrected chi connectivity index (χ4v) is 2.73. The Balaban J connectivity index is 1.98. The third-order valence-electron chi connectivity index (χ3n) is 3.07. The molecule has 20 heavy (non-hydrogen) atoms. The molecule has 0 atom stereocenters. The Bertz CT molecular complexity index is 628. The van der Waals surface area contributed by atoms with E-state index in [1.165, 1.54) is 4.88 Å². The Hall–Kier alpha value is -2.19. The molecule has 0 saturated carbocycles. The zero-order chi connectivity index (χ0) is 13.6. The summed E-state index contributed by atoms with van der Waals surface area (Å²) >= 11 is 1.75. The van der Waals surface area contributed by atoms with Crippen molar-refractivity contribution < 1.29 is 0 Å². The van der Waals surface area contributed by atoms with Gasteiger partial charge >= 0.3 is 0 Å². The molecule has 0 spiro atoms. The number of hydrogen-bond acceptors (Lipinski definition) is 2. The summed E-state index contributed by atoms with van der Waals surface area (Å²) in [5.41, 5.74) is 3.38. The number of thiophene rings is 1. The molecular weight excluding hydrogens is 263 g/mol. The van der Waals surface area contributed by atoms with Crippen LogP contribution in [0.25, 0.3) is 0 Å². The highest BCUT2D eigenvalue weighted by Crippen LogP contribution is 2.14. The van der Waals surface area contributed by atoms with Crippen LogP contribution in [0.15, 0.2) is 83.2 Å². The van der Waals surface area contributed by atoms with Gasteiger partial charge in [-0.2, -0.15) is 0 Å². The van der Waals surface area contributed by atoms with E-state index in [-0.39, 0.29) is 0 Å². The van der Waals surface area contributed by atoms with Gasteiger partial charge in [0.25, 0.3) is 0 Å². The lowest BCUT2D eigenvalue weighted by atomic mass is 10.0. The van der Waals surface area contributed by atoms with Crippen LogP contribution in [0, 0.1) is 0 Å². The first kappa shape index (κ1) is 12.8. The highest BCUT2D eigenvalue weighted by Gasteiger charge is 2.05. The molecule has 1 aromatic heterocycles. The van der Waals surface area contributed by atoms with Crippen molar-refractivity contribution in [2.75, 3.05) is 0 Å². The molecule has 0 amide bonds. The van der Waals surface area contributed by atoms with Crippen molar-refractivity contribution in [3.8, 4) is 0 Å². The van der Waals surface area contributed by atoms with E-state index in [9.17, 15) is 0 Å². The number of rotatable bonds is 4. The topological polar surface area (TPSA) is 12.4 Å². The second-order valence-electron chi connectivity index (χ2n) is 4.48. The maximum Gasteiger partial charge on any atom is 0.0740 e. The highest BCUT2D eigenvalue weighted by molar-refractivity contribution is 7.09. The monoisotopic (exact) mass is 278 g/mol. The first-order valence-electron chi connectivity index (χ1n) is 6.61. The SMILES string of the molecule is c1ccc(C(=[15N]Cc2cccs2)c2ccccc2)cc1. The zero-order valence-electron chi connectivity index (χ0n) is 11.1. The molecule has 3 aromatic rings. The largest absolute Gasteiger partial charge is 0.279 e. The van der Waals surface area contributed by atoms with Gasteiger partial charge in [0.2, 0.25) is 0 Å². The van der Waals surface area contributed by atoms with E-state index in [4.69, 9.17) is 4.99 Å². The molecule has 1 nitrogen and oxygen atoms in total. The van der Waals surface area contributed by atoms with Gasteiger partial charge in [-0.1, -0.05) is 66.7 Å². The second kappa shape index (κ2) is 6.31. The van der Waals surface area contributed by atoms with Gasteiger partial charge in [0, 0.05) is 16.0 Å². The molecule has 1 heterocycles. The van der Waals surface area contributed by atoms with E-state index >= 15 is 0 Å². The molecule has 0 aliphatic rings. The van der Waals surface area contributed by atoms with Crippen molar-refractivity contribution in [2.24, 2.45) is 4.99 Å². The number of aliphatic imine (C=N–C) groups is 1. The summed E-state index contributed by atoms with van der Waals surface area (Å²) in [6, 6.07) is 24.9. The van der Waals surface area contributed by atoms with Gasteiger partial charge in [-0.15, -0.1) is 11.3 Å². The van der Waals surface area contributed by atoms with Crippen LogP contribution in [-0.2, 0) is 6.54 Å². The average molecular weight is 278 g/mol. The molecule has 0 aliphatic heterocycles. The van der Waals surface area contributed by atoms with Crippen molar-refractivity contribution in [1.82, 2.24) is 0 Å². The van der Waals surface area contributed by atoms with Crippen LogP contribution in [0.2, 0.25) is 0 Å². The summed E-state index contributed by atoms with van der Waals surface area (Å²) in [7, 11) is 0. The Labute approximate surface area is 123 Å². The lowest BCUT2D eigenvalue weighted by Crippen LogP contribution is -2.03. The molecule has 0 radical (unpaired) electrons. The molecule has 3 rings (SSSR count). The second-order valence-corrected chi connectivity index (χ2v) is 5.51. The molecule has 0 bridgehead atoms. The van der Waals surface area contributed by atoms with Crippen LogP contribution in [0.5, 0.6) is 0 Å². The van der Waals surface area contributed by atoms with E-state index in [2.05, 4.69) is 66.0 Å². The first-order chi connectivity index (χ1) is 9.93. The Morgan fingerprint density at radius 3 is 1.85 bits per heavy atom. The number of nitrogens with zero attached hydrogens (tertiary/aromatic N) is 1. The molecule has 0 aliphatic carbocycles. The zero-order valence-corrected chi connectivity index (χ0v) is 11.9. The predicted octanol–water partition coefficient (Wildman–Crippen LogP) is 4.79. The molecule has 0 saturated heterocycles. The Kier molecular flexibility index (Phi) is 4.04. The van der Waals surface area contributed by atoms with Crippen molar-refractivity contribution in [3.05, 3.63) is 94.2 Å². The fraction of sp³-hybridized carbons (Fsp3) is 0.0556. The van der Waals surface area contributed by atoms with Crippen LogP contribution in [0.1, 0.15) is 16.0 Å². The Morgan fingerprint density at radius 2 is 1.35 bits per heavy atom. The molecule has 2 heteroatoms. The smallest absolute Gasteiger partial charge is 0.0740 e. The highest BCUT2D eigenvalue weighted by atomic mass is 32.1. The third kappa shape index (κ3) is 3.03. The lowest BCUT2D eigenvalue weighted by molar-refractivity contribution is 1.10. The fourth-order valence-electron chi connectivity index (χ4n) is 2.10. The van der Waals surface area contributed by atoms with E-state index in [0.717, 1.165) is 23.4 Å². The van der Waals surface area contributed by atoms with E-state index < -0.39 is 0 Å². The molecule has 0 unspecified atom stereocenters. The summed E-state index contributed by atoms with van der Waals surface area (Å²) in [6.45, 7) is 0.733. The minimum Gasteiger partial charge on any atom is -0.279 e. The summed E-state index contributed by atoms with van der Waals surface area (Å²) in [4.78, 5) is 6.12. The quantitative estimate of drug-likeness (QED) is 0.481. The normalized spacial score (nSPS) is 10.2. The van der Waals surface area contributed by atoms with Crippen molar-refractivity contribution in [2.45, 2.75) is 6.54 Å². The van der Waals surface area contributed by atoms with E-state index in [1.54, 1.807) is 11.3 Å². The molecule has 98 valence electrons. The predicted molar refractivity (Wildman–Crippen MR) is 86.5 cm³/mol. The van der Waals surface area contributed by atoms with Gasteiger partial charge in [-0.3, -0.25) is 4.99 Å². The van der Waals surface area contributed by atoms with Crippen molar-refractivity contribution in [3.63, 3.8) is 0 Å². The van der Waals surface area contributed by atoms with Crippen LogP contribution in [0.3, 0.4) is 0 Å². The summed E-state index contributed by atoms with van der Waals surface area (Å²) in [5, 5.41) is 2.09. The van der Waals surface area contributed by atoms with Crippen LogP contribution >= 0.6 is 11.3 Å². The summed E-state index contributed by atoms with van der Waals surface area (Å²) in [6.07, 6.45) is 0. The lowest BCUT2D eigenvalue weighted by Gasteiger charge is -2.07. The molecule has 0 fully saturated rings. The third-order valence-corrected chi connectivity index (χ3v) is 3.93. The van der Waals surface area contributed by atoms with Crippen molar-refractivity contribution in [1.29, 1.82) is 0 Å². The maximum absolute atomic E-state index is 4.83. The van der Waals surface area contributed by atoms with Gasteiger partial charge in [-0.05, 0) is 11.4 Å². The van der Waals surface area contributed by atoms with Gasteiger partial charge in [0.15, 0.2) is 0 Å². The van der Waals surface area contributed by atoms with Crippen LogP contribution in [-0.4, -0.2) is 5.71 Å². The van der Waals surface area contributed by atoms with E-state index in [0.29, 0.717) is 0 Å². The minimum atomic E-state index is 0.733. The van der Waals surface area contributed by atoms with Crippen LogP contribution in [0.4, 0.5) is 0 Å². The van der Waals surface area contributed by atoms with Gasteiger partial charge < -0.3 is 0 Å². The Morgan fingerprint density at radius 1 is 0.750 bits per heavy atom. The molecule has 2 aromatic carbocycles. The van der Waals surface area contributed by atoms with Gasteiger partial charge in [0.1, 0.15) is 0 Å². The maximum atomic E-state index is 4.83. The van der Waals surface area contributed by atoms with Gasteiger partial charge in [0.05, 0.1) is 12.3 Å². The van der Waals surface area contributed by atoms with Crippen molar-refractivity contribution >= 4 is 17.0 Å². The average Bonchev–Trinajstić information content (AvgIpc) is 3.03.